The lowest BCUT2D eigenvalue weighted by molar-refractivity contribution is 0.410. The normalized spacial score (nSPS) is 18.4. The summed E-state index contributed by atoms with van der Waals surface area (Å²) in [5.41, 5.74) is 9.41. The zero-order valence-electron chi connectivity index (χ0n) is 18.4. The average Bonchev–Trinajstić information content (AvgIpc) is 2.74. The molecule has 0 unspecified atom stereocenters. The number of nitrogens with two attached hydrogens (primary N) is 1. The SMILES string of the molecule is CC(C)c1ccc2nc(C=Cc3ccc(Cl)cc3)nc(N[C@H]3CC[C@@H](N)CC3)c2c1.Cl.Cl. The van der Waals surface area contributed by atoms with Crippen molar-refractivity contribution in [2.75, 3.05) is 5.32 Å². The maximum atomic E-state index is 6.09. The minimum Gasteiger partial charge on any atom is -0.367 e. The summed E-state index contributed by atoms with van der Waals surface area (Å²) < 4.78 is 0. The fourth-order valence-electron chi connectivity index (χ4n) is 3.91. The quantitative estimate of drug-likeness (QED) is 0.398. The Labute approximate surface area is 207 Å². The summed E-state index contributed by atoms with van der Waals surface area (Å²) in [5.74, 6) is 2.07. The number of halogens is 3. The second-order valence-corrected chi connectivity index (χ2v) is 8.94. The van der Waals surface area contributed by atoms with Crippen LogP contribution in [0.25, 0.3) is 23.1 Å². The lowest BCUT2D eigenvalue weighted by Crippen LogP contribution is -2.33. The maximum Gasteiger partial charge on any atom is 0.154 e. The second-order valence-electron chi connectivity index (χ2n) is 8.50. The van der Waals surface area contributed by atoms with E-state index in [1.807, 2.05) is 36.4 Å². The van der Waals surface area contributed by atoms with Crippen molar-refractivity contribution < 1.29 is 0 Å². The summed E-state index contributed by atoms with van der Waals surface area (Å²) in [4.78, 5) is 9.67. The van der Waals surface area contributed by atoms with E-state index in [0.29, 0.717) is 23.8 Å². The molecule has 0 spiro atoms. The molecule has 3 aromatic rings. The molecule has 32 heavy (non-hydrogen) atoms. The first-order valence-electron chi connectivity index (χ1n) is 10.8. The van der Waals surface area contributed by atoms with Gasteiger partial charge in [0, 0.05) is 22.5 Å². The third-order valence-electron chi connectivity index (χ3n) is 5.81. The van der Waals surface area contributed by atoms with Gasteiger partial charge in [0.05, 0.1) is 5.52 Å². The first-order valence-corrected chi connectivity index (χ1v) is 11.1. The number of nitrogens with zero attached hydrogens (tertiary/aromatic N) is 2. The molecule has 1 fully saturated rings. The molecule has 1 saturated carbocycles. The highest BCUT2D eigenvalue weighted by Crippen LogP contribution is 2.28. The van der Waals surface area contributed by atoms with Crippen LogP contribution in [0.1, 0.15) is 62.4 Å². The molecule has 172 valence electrons. The highest BCUT2D eigenvalue weighted by Gasteiger charge is 2.20. The number of nitrogens with one attached hydrogen (secondary N) is 1. The molecule has 0 saturated heterocycles. The number of hydrogen-bond acceptors (Lipinski definition) is 4. The van der Waals surface area contributed by atoms with Gasteiger partial charge in [-0.2, -0.15) is 0 Å². The van der Waals surface area contributed by atoms with Gasteiger partial charge in [0.2, 0.25) is 0 Å². The monoisotopic (exact) mass is 492 g/mol. The third kappa shape index (κ3) is 6.58. The first kappa shape index (κ1) is 26.4. The molecule has 0 bridgehead atoms. The van der Waals surface area contributed by atoms with E-state index in [2.05, 4.69) is 37.4 Å². The van der Waals surface area contributed by atoms with E-state index in [4.69, 9.17) is 27.3 Å². The third-order valence-corrected chi connectivity index (χ3v) is 6.06. The van der Waals surface area contributed by atoms with Crippen molar-refractivity contribution in [3.05, 3.63) is 64.4 Å². The molecule has 1 heterocycles. The lowest BCUT2D eigenvalue weighted by Gasteiger charge is -2.27. The first-order chi connectivity index (χ1) is 14.5. The van der Waals surface area contributed by atoms with Crippen LogP contribution in [0.15, 0.2) is 42.5 Å². The van der Waals surface area contributed by atoms with Gasteiger partial charge in [0.15, 0.2) is 5.82 Å². The smallest absolute Gasteiger partial charge is 0.154 e. The number of anilines is 1. The lowest BCUT2D eigenvalue weighted by atomic mass is 9.91. The van der Waals surface area contributed by atoms with Crippen molar-refractivity contribution in [2.24, 2.45) is 5.73 Å². The molecular weight excluding hydrogens is 463 g/mol. The van der Waals surface area contributed by atoms with E-state index < -0.39 is 0 Å². The van der Waals surface area contributed by atoms with Crippen LogP contribution in [0.3, 0.4) is 0 Å². The Kier molecular flexibility index (Phi) is 9.78. The standard InChI is InChI=1S/C25H29ClN4.2ClH/c1-16(2)18-6-13-23-22(15-18)25(28-21-11-9-20(27)10-12-21)30-24(29-23)14-5-17-3-7-19(26)8-4-17;;/h3-8,13-16,20-21H,9-12,27H2,1-2H3,(H,28,29,30);2*1H/t20-,21+;;. The maximum absolute atomic E-state index is 6.09. The van der Waals surface area contributed by atoms with Crippen LogP contribution in [0, 0.1) is 0 Å². The fraction of sp³-hybridized carbons (Fsp3) is 0.360. The molecule has 7 heteroatoms. The highest BCUT2D eigenvalue weighted by atomic mass is 35.5. The number of aromatic nitrogens is 2. The van der Waals surface area contributed by atoms with E-state index >= 15 is 0 Å². The Morgan fingerprint density at radius 1 is 0.969 bits per heavy atom. The number of rotatable bonds is 5. The zero-order chi connectivity index (χ0) is 21.1. The predicted molar refractivity (Wildman–Crippen MR) is 142 cm³/mol. The van der Waals surface area contributed by atoms with Crippen molar-refractivity contribution in [3.63, 3.8) is 0 Å². The van der Waals surface area contributed by atoms with Crippen molar-refractivity contribution in [3.8, 4) is 0 Å². The molecule has 2 aromatic carbocycles. The van der Waals surface area contributed by atoms with Crippen LogP contribution in [-0.4, -0.2) is 22.1 Å². The molecular formula is C25H31Cl3N4. The van der Waals surface area contributed by atoms with E-state index in [1.165, 1.54) is 5.56 Å². The summed E-state index contributed by atoms with van der Waals surface area (Å²) in [7, 11) is 0. The van der Waals surface area contributed by atoms with Gasteiger partial charge in [-0.3, -0.25) is 0 Å². The summed E-state index contributed by atoms with van der Waals surface area (Å²) in [6.45, 7) is 4.42. The Hall–Kier alpha value is -1.85. The summed E-state index contributed by atoms with van der Waals surface area (Å²) in [6.07, 6.45) is 8.24. The Balaban J connectivity index is 0.00000181. The molecule has 3 N–H and O–H groups in total. The average molecular weight is 494 g/mol. The van der Waals surface area contributed by atoms with Gasteiger partial charge < -0.3 is 11.1 Å². The van der Waals surface area contributed by atoms with Crippen LogP contribution in [0.2, 0.25) is 5.02 Å². The minimum atomic E-state index is 0. The summed E-state index contributed by atoms with van der Waals surface area (Å²) >= 11 is 5.99. The largest absolute Gasteiger partial charge is 0.367 e. The van der Waals surface area contributed by atoms with Crippen molar-refractivity contribution >= 4 is 65.3 Å². The van der Waals surface area contributed by atoms with Gasteiger partial charge in [-0.25, -0.2) is 9.97 Å². The Morgan fingerprint density at radius 3 is 2.31 bits per heavy atom. The van der Waals surface area contributed by atoms with Crippen LogP contribution in [0.5, 0.6) is 0 Å². The van der Waals surface area contributed by atoms with Crippen molar-refractivity contribution in [2.45, 2.75) is 57.5 Å². The zero-order valence-corrected chi connectivity index (χ0v) is 20.8. The van der Waals surface area contributed by atoms with Crippen LogP contribution >= 0.6 is 36.4 Å². The Morgan fingerprint density at radius 2 is 1.66 bits per heavy atom. The van der Waals surface area contributed by atoms with Gasteiger partial charge in [-0.05, 0) is 73.1 Å². The molecule has 4 rings (SSSR count). The van der Waals surface area contributed by atoms with Crippen LogP contribution in [-0.2, 0) is 0 Å². The fourth-order valence-corrected chi connectivity index (χ4v) is 4.04. The molecule has 0 amide bonds. The highest BCUT2D eigenvalue weighted by molar-refractivity contribution is 6.30. The Bertz CT molecular complexity index is 1040. The predicted octanol–water partition coefficient (Wildman–Crippen LogP) is 7.10. The topological polar surface area (TPSA) is 63.8 Å². The van der Waals surface area contributed by atoms with E-state index in [1.54, 1.807) is 0 Å². The van der Waals surface area contributed by atoms with E-state index in [-0.39, 0.29) is 24.8 Å². The number of benzene rings is 2. The molecule has 0 radical (unpaired) electrons. The van der Waals surface area contributed by atoms with Gasteiger partial charge >= 0.3 is 0 Å². The van der Waals surface area contributed by atoms with E-state index in [9.17, 15) is 0 Å². The molecule has 1 aliphatic rings. The van der Waals surface area contributed by atoms with Gasteiger partial charge in [-0.15, -0.1) is 24.8 Å². The van der Waals surface area contributed by atoms with Crippen LogP contribution < -0.4 is 11.1 Å². The minimum absolute atomic E-state index is 0. The van der Waals surface area contributed by atoms with E-state index in [0.717, 1.165) is 53.0 Å². The molecule has 4 nitrogen and oxygen atoms in total. The summed E-state index contributed by atoms with van der Waals surface area (Å²) in [5, 5.41) is 5.51. The van der Waals surface area contributed by atoms with Gasteiger partial charge in [0.1, 0.15) is 5.82 Å². The summed E-state index contributed by atoms with van der Waals surface area (Å²) in [6, 6.07) is 15.0. The molecule has 1 aromatic heterocycles. The molecule has 0 aliphatic heterocycles. The van der Waals surface area contributed by atoms with Crippen LogP contribution in [0.4, 0.5) is 5.82 Å². The second kappa shape index (κ2) is 11.9. The van der Waals surface area contributed by atoms with Gasteiger partial charge in [0.25, 0.3) is 0 Å². The number of hydrogen-bond donors (Lipinski definition) is 2. The number of fused-ring (bicyclic) bond motifs is 1. The molecule has 1 aliphatic carbocycles. The van der Waals surface area contributed by atoms with Crippen molar-refractivity contribution in [1.82, 2.24) is 9.97 Å². The van der Waals surface area contributed by atoms with Crippen molar-refractivity contribution in [1.29, 1.82) is 0 Å². The molecule has 0 atom stereocenters. The van der Waals surface area contributed by atoms with Gasteiger partial charge in [-0.1, -0.05) is 49.7 Å².